The average Bonchev–Trinajstić information content (AvgIpc) is 2.90. The molecule has 3 aliphatic carbocycles. The van der Waals surface area contributed by atoms with E-state index in [4.69, 9.17) is 18.0 Å². The molecule has 3 N–H and O–H groups in total. The molecule has 0 aliphatic heterocycles. The number of unbranched alkanes of at least 4 members (excludes halogenated alkanes) is 3. The summed E-state index contributed by atoms with van der Waals surface area (Å²) in [6.07, 6.45) is 17.0. The Bertz CT molecular complexity index is 570. The highest BCUT2D eigenvalue weighted by molar-refractivity contribution is 7.80. The molecule has 1 aromatic carbocycles. The SMILES string of the molecule is CCCCCCC12CCCC(c3ccc(NC(N)=S)cc3)(CC1)CC2. The van der Waals surface area contributed by atoms with Crippen LogP contribution in [0.1, 0.15) is 89.5 Å². The lowest BCUT2D eigenvalue weighted by molar-refractivity contribution is 0.134. The van der Waals surface area contributed by atoms with Gasteiger partial charge in [0, 0.05) is 5.69 Å². The lowest BCUT2D eigenvalue weighted by Crippen LogP contribution is -2.33. The van der Waals surface area contributed by atoms with E-state index in [0.29, 0.717) is 15.9 Å². The number of hydrogen-bond acceptors (Lipinski definition) is 1. The molecule has 3 saturated carbocycles. The molecule has 0 unspecified atom stereocenters. The molecule has 3 fully saturated rings. The number of nitrogens with two attached hydrogens (primary N) is 1. The third-order valence-corrected chi connectivity index (χ3v) is 7.06. The van der Waals surface area contributed by atoms with Gasteiger partial charge >= 0.3 is 0 Å². The van der Waals surface area contributed by atoms with Crippen LogP contribution in [0.15, 0.2) is 24.3 Å². The molecular formula is C22H34N2S. The van der Waals surface area contributed by atoms with Gasteiger partial charge in [0.2, 0.25) is 0 Å². The molecule has 2 nitrogen and oxygen atoms in total. The van der Waals surface area contributed by atoms with Crippen molar-refractivity contribution in [1.29, 1.82) is 0 Å². The topological polar surface area (TPSA) is 38.0 Å². The fourth-order valence-electron chi connectivity index (χ4n) is 5.34. The third kappa shape index (κ3) is 4.36. The Morgan fingerprint density at radius 3 is 2.36 bits per heavy atom. The molecule has 3 heteroatoms. The Morgan fingerprint density at radius 2 is 1.72 bits per heavy atom. The Labute approximate surface area is 159 Å². The van der Waals surface area contributed by atoms with Crippen LogP contribution < -0.4 is 11.1 Å². The number of fused-ring (bicyclic) bond motifs is 4. The van der Waals surface area contributed by atoms with Crippen LogP contribution in [0, 0.1) is 5.41 Å². The molecule has 0 spiro atoms. The minimum Gasteiger partial charge on any atom is -0.376 e. The second-order valence-electron chi connectivity index (χ2n) is 8.51. The number of anilines is 1. The average molecular weight is 359 g/mol. The van der Waals surface area contributed by atoms with Crippen molar-refractivity contribution in [3.05, 3.63) is 29.8 Å². The van der Waals surface area contributed by atoms with Gasteiger partial charge in [0.15, 0.2) is 5.11 Å². The summed E-state index contributed by atoms with van der Waals surface area (Å²) < 4.78 is 0. The summed E-state index contributed by atoms with van der Waals surface area (Å²) in [6, 6.07) is 8.89. The van der Waals surface area contributed by atoms with Gasteiger partial charge in [0.05, 0.1) is 0 Å². The lowest BCUT2D eigenvalue weighted by Gasteiger charge is -2.43. The van der Waals surface area contributed by atoms with Crippen LogP contribution in [0.4, 0.5) is 5.69 Å². The summed E-state index contributed by atoms with van der Waals surface area (Å²) in [7, 11) is 0. The summed E-state index contributed by atoms with van der Waals surface area (Å²) in [5.74, 6) is 0. The summed E-state index contributed by atoms with van der Waals surface area (Å²) in [5, 5.41) is 3.38. The molecule has 3 aliphatic rings. The molecule has 138 valence electrons. The van der Waals surface area contributed by atoms with Crippen molar-refractivity contribution in [1.82, 2.24) is 0 Å². The minimum absolute atomic E-state index is 0.339. The number of nitrogens with one attached hydrogen (secondary N) is 1. The van der Waals surface area contributed by atoms with Crippen molar-refractivity contribution in [3.63, 3.8) is 0 Å². The van der Waals surface area contributed by atoms with Gasteiger partial charge in [-0.15, -0.1) is 0 Å². The molecule has 0 radical (unpaired) electrons. The molecule has 25 heavy (non-hydrogen) atoms. The van der Waals surface area contributed by atoms with E-state index in [1.807, 2.05) is 0 Å². The van der Waals surface area contributed by atoms with Crippen LogP contribution in [0.5, 0.6) is 0 Å². The molecular weight excluding hydrogens is 324 g/mol. The second-order valence-corrected chi connectivity index (χ2v) is 8.95. The molecule has 1 aromatic rings. The van der Waals surface area contributed by atoms with Gasteiger partial charge in [-0.2, -0.15) is 0 Å². The molecule has 4 rings (SSSR count). The maximum absolute atomic E-state index is 5.58. The molecule has 0 aromatic heterocycles. The minimum atomic E-state index is 0.339. The first kappa shape index (κ1) is 18.7. The first-order valence-electron chi connectivity index (χ1n) is 10.2. The van der Waals surface area contributed by atoms with E-state index < -0.39 is 0 Å². The third-order valence-electron chi connectivity index (χ3n) is 6.96. The summed E-state index contributed by atoms with van der Waals surface area (Å²) in [6.45, 7) is 2.31. The zero-order valence-electron chi connectivity index (χ0n) is 15.8. The van der Waals surface area contributed by atoms with Gasteiger partial charge in [-0.25, -0.2) is 0 Å². The fraction of sp³-hybridized carbons (Fsp3) is 0.682. The van der Waals surface area contributed by atoms with Gasteiger partial charge in [-0.3, -0.25) is 0 Å². The van der Waals surface area contributed by atoms with Gasteiger partial charge in [0.1, 0.15) is 0 Å². The highest BCUT2D eigenvalue weighted by Gasteiger charge is 2.45. The molecule has 0 amide bonds. The number of thiocarbonyl (C=S) groups is 1. The summed E-state index contributed by atoms with van der Waals surface area (Å²) in [5.41, 5.74) is 9.20. The van der Waals surface area contributed by atoms with E-state index in [0.717, 1.165) is 5.69 Å². The van der Waals surface area contributed by atoms with Gasteiger partial charge in [-0.1, -0.05) is 51.2 Å². The Morgan fingerprint density at radius 1 is 1.00 bits per heavy atom. The van der Waals surface area contributed by atoms with E-state index in [1.165, 1.54) is 82.6 Å². The van der Waals surface area contributed by atoms with Crippen LogP contribution in [0.3, 0.4) is 0 Å². The van der Waals surface area contributed by atoms with Crippen LogP contribution >= 0.6 is 12.2 Å². The highest BCUT2D eigenvalue weighted by atomic mass is 32.1. The van der Waals surface area contributed by atoms with Crippen molar-refractivity contribution in [2.45, 2.75) is 89.4 Å². The molecule has 0 heterocycles. The van der Waals surface area contributed by atoms with Crippen molar-refractivity contribution in [3.8, 4) is 0 Å². The zero-order valence-corrected chi connectivity index (χ0v) is 16.6. The monoisotopic (exact) mass is 358 g/mol. The van der Waals surface area contributed by atoms with Crippen LogP contribution in [0.2, 0.25) is 0 Å². The number of rotatable bonds is 7. The van der Waals surface area contributed by atoms with Crippen LogP contribution in [-0.4, -0.2) is 5.11 Å². The fourth-order valence-corrected chi connectivity index (χ4v) is 5.46. The predicted octanol–water partition coefficient (Wildman–Crippen LogP) is 6.29. The first-order chi connectivity index (χ1) is 12.1. The van der Waals surface area contributed by atoms with Crippen molar-refractivity contribution in [2.75, 3.05) is 5.32 Å². The van der Waals surface area contributed by atoms with Crippen molar-refractivity contribution >= 4 is 23.0 Å². The Hall–Kier alpha value is -1.09. The maximum atomic E-state index is 5.58. The number of benzene rings is 1. The summed E-state index contributed by atoms with van der Waals surface area (Å²) in [4.78, 5) is 0. The van der Waals surface area contributed by atoms with Crippen molar-refractivity contribution in [2.24, 2.45) is 11.1 Å². The van der Waals surface area contributed by atoms with Gasteiger partial charge in [-0.05, 0) is 85.7 Å². The Balaban J connectivity index is 1.65. The highest BCUT2D eigenvalue weighted by Crippen LogP contribution is 2.57. The van der Waals surface area contributed by atoms with Gasteiger partial charge in [0.25, 0.3) is 0 Å². The molecule has 0 saturated heterocycles. The largest absolute Gasteiger partial charge is 0.376 e. The number of hydrogen-bond donors (Lipinski definition) is 2. The van der Waals surface area contributed by atoms with Crippen molar-refractivity contribution < 1.29 is 0 Å². The molecule has 2 bridgehead atoms. The smallest absolute Gasteiger partial charge is 0.168 e. The molecule has 0 atom stereocenters. The second kappa shape index (κ2) is 8.07. The predicted molar refractivity (Wildman–Crippen MR) is 112 cm³/mol. The Kier molecular flexibility index (Phi) is 6.04. The van der Waals surface area contributed by atoms with E-state index in [-0.39, 0.29) is 0 Å². The maximum Gasteiger partial charge on any atom is 0.168 e. The first-order valence-corrected chi connectivity index (χ1v) is 10.7. The normalized spacial score (nSPS) is 28.5. The zero-order chi connectivity index (χ0) is 17.8. The standard InChI is InChI=1S/C22H34N2S/c1-2-3-4-5-11-21-12-6-13-22(16-14-21,17-15-21)18-7-9-19(10-8-18)24-20(23)25/h7-10H,2-6,11-17H2,1H3,(H3,23,24,25). The lowest BCUT2D eigenvalue weighted by atomic mass is 9.61. The van der Waals surface area contributed by atoms with E-state index >= 15 is 0 Å². The quantitative estimate of drug-likeness (QED) is 0.444. The van der Waals surface area contributed by atoms with E-state index in [9.17, 15) is 0 Å². The van der Waals surface area contributed by atoms with Gasteiger partial charge < -0.3 is 11.1 Å². The van der Waals surface area contributed by atoms with E-state index in [1.54, 1.807) is 0 Å². The van der Waals surface area contributed by atoms with Crippen LogP contribution in [0.25, 0.3) is 0 Å². The summed E-state index contributed by atoms with van der Waals surface area (Å²) >= 11 is 4.93. The van der Waals surface area contributed by atoms with E-state index in [2.05, 4.69) is 36.5 Å². The van der Waals surface area contributed by atoms with Crippen LogP contribution in [-0.2, 0) is 5.41 Å².